The van der Waals surface area contributed by atoms with Crippen molar-refractivity contribution in [3.8, 4) is 11.8 Å². The van der Waals surface area contributed by atoms with Gasteiger partial charge in [0.15, 0.2) is 0 Å². The van der Waals surface area contributed by atoms with Gasteiger partial charge in [-0.15, -0.1) is 11.3 Å². The summed E-state index contributed by atoms with van der Waals surface area (Å²) in [5.74, 6) is -1.60. The maximum absolute atomic E-state index is 12.6. The number of ether oxygens (including phenoxy) is 1. The number of phenols is 1. The minimum absolute atomic E-state index is 0.00875. The third-order valence-electron chi connectivity index (χ3n) is 3.81. The maximum atomic E-state index is 12.6. The maximum Gasteiger partial charge on any atom is 0.341 e. The molecule has 0 aliphatic heterocycles. The predicted molar refractivity (Wildman–Crippen MR) is 110 cm³/mol. The first kappa shape index (κ1) is 21.8. The number of hydrogen-bond acceptors (Lipinski definition) is 6. The van der Waals surface area contributed by atoms with Crippen molar-refractivity contribution in [3.63, 3.8) is 0 Å². The normalized spacial score (nSPS) is 11.1. The number of phenolic OH excluding ortho intramolecular Hbond substituents is 1. The van der Waals surface area contributed by atoms with Gasteiger partial charge in [-0.1, -0.05) is 23.2 Å². The van der Waals surface area contributed by atoms with Crippen LogP contribution in [-0.4, -0.2) is 23.6 Å². The van der Waals surface area contributed by atoms with Crippen molar-refractivity contribution in [1.82, 2.24) is 0 Å². The van der Waals surface area contributed by atoms with Gasteiger partial charge in [0.25, 0.3) is 5.91 Å². The zero-order chi connectivity index (χ0) is 21.0. The van der Waals surface area contributed by atoms with Crippen molar-refractivity contribution in [1.29, 1.82) is 5.26 Å². The summed E-state index contributed by atoms with van der Waals surface area (Å²) in [6.45, 7) is 5.44. The Kier molecular flexibility index (Phi) is 7.08. The Bertz CT molecular complexity index is 1020. The first-order chi connectivity index (χ1) is 13.2. The van der Waals surface area contributed by atoms with Crippen molar-refractivity contribution in [2.75, 3.05) is 11.9 Å². The molecule has 146 valence electrons. The van der Waals surface area contributed by atoms with Gasteiger partial charge in [0, 0.05) is 15.5 Å². The van der Waals surface area contributed by atoms with Crippen LogP contribution < -0.4 is 5.32 Å². The molecule has 0 saturated carbocycles. The third kappa shape index (κ3) is 4.65. The Hall–Kier alpha value is -2.53. The molecule has 2 rings (SSSR count). The van der Waals surface area contributed by atoms with Gasteiger partial charge in [0.05, 0.1) is 17.2 Å². The second-order valence-corrected chi connectivity index (χ2v) is 7.73. The van der Waals surface area contributed by atoms with E-state index in [-0.39, 0.29) is 44.1 Å². The predicted octanol–water partition coefficient (Wildman–Crippen LogP) is 5.10. The number of carbonyl (C=O) groups is 2. The summed E-state index contributed by atoms with van der Waals surface area (Å²) < 4.78 is 5.04. The SMILES string of the molecule is CCOC(=O)c1c(NC(=O)/C(C#N)=C/c2cc(Cl)cc(Cl)c2O)sc(C)c1C. The Morgan fingerprint density at radius 2 is 2.04 bits per heavy atom. The van der Waals surface area contributed by atoms with Gasteiger partial charge in [-0.25, -0.2) is 4.79 Å². The van der Waals surface area contributed by atoms with Crippen LogP contribution in [0, 0.1) is 25.2 Å². The smallest absolute Gasteiger partial charge is 0.341 e. The summed E-state index contributed by atoms with van der Waals surface area (Å²) in [6, 6.07) is 4.48. The number of esters is 1. The number of halogens is 2. The van der Waals surface area contributed by atoms with Crippen LogP contribution in [0.25, 0.3) is 6.08 Å². The number of anilines is 1. The molecule has 0 fully saturated rings. The number of nitrogens with one attached hydrogen (secondary N) is 1. The number of carbonyl (C=O) groups excluding carboxylic acids is 2. The monoisotopic (exact) mass is 438 g/mol. The van der Waals surface area contributed by atoms with Crippen LogP contribution >= 0.6 is 34.5 Å². The molecule has 1 amide bonds. The van der Waals surface area contributed by atoms with Crippen molar-refractivity contribution in [3.05, 3.63) is 49.3 Å². The standard InChI is InChI=1S/C19H16Cl2N2O4S/c1-4-27-19(26)15-9(2)10(3)28-18(15)23-17(25)12(8-22)5-11-6-13(20)7-14(21)16(11)24/h5-7,24H,4H2,1-3H3,(H,23,25)/b12-5+. The van der Waals surface area contributed by atoms with Crippen LogP contribution in [-0.2, 0) is 9.53 Å². The van der Waals surface area contributed by atoms with Crippen molar-refractivity contribution >= 4 is 57.5 Å². The number of aryl methyl sites for hydroxylation is 1. The Balaban J connectivity index is 2.40. The third-order valence-corrected chi connectivity index (χ3v) is 5.44. The molecule has 6 nitrogen and oxygen atoms in total. The van der Waals surface area contributed by atoms with E-state index >= 15 is 0 Å². The van der Waals surface area contributed by atoms with E-state index < -0.39 is 11.9 Å². The molecule has 0 bridgehead atoms. The molecule has 1 aromatic carbocycles. The second-order valence-electron chi connectivity index (χ2n) is 5.66. The zero-order valence-corrected chi connectivity index (χ0v) is 17.6. The fraction of sp³-hybridized carbons (Fsp3) is 0.211. The summed E-state index contributed by atoms with van der Waals surface area (Å²) in [5, 5.41) is 22.5. The van der Waals surface area contributed by atoms with Gasteiger partial charge in [0.2, 0.25) is 0 Å². The fourth-order valence-electron chi connectivity index (χ4n) is 2.33. The molecule has 2 aromatic rings. The molecule has 1 aromatic heterocycles. The lowest BCUT2D eigenvalue weighted by molar-refractivity contribution is -0.112. The molecule has 0 spiro atoms. The molecule has 0 atom stereocenters. The Morgan fingerprint density at radius 3 is 2.64 bits per heavy atom. The van der Waals surface area contributed by atoms with Crippen LogP contribution in [0.15, 0.2) is 17.7 Å². The number of amides is 1. The molecule has 1 heterocycles. The number of rotatable bonds is 5. The van der Waals surface area contributed by atoms with E-state index in [9.17, 15) is 20.0 Å². The summed E-state index contributed by atoms with van der Waals surface area (Å²) in [4.78, 5) is 25.6. The Morgan fingerprint density at radius 1 is 1.36 bits per heavy atom. The molecule has 0 aliphatic rings. The van der Waals surface area contributed by atoms with Crippen LogP contribution in [0.1, 0.15) is 33.3 Å². The highest BCUT2D eigenvalue weighted by atomic mass is 35.5. The largest absolute Gasteiger partial charge is 0.506 e. The highest BCUT2D eigenvalue weighted by Gasteiger charge is 2.23. The molecular formula is C19H16Cl2N2O4S. The van der Waals surface area contributed by atoms with Gasteiger partial charge in [0.1, 0.15) is 22.4 Å². The van der Waals surface area contributed by atoms with Gasteiger partial charge in [-0.3, -0.25) is 4.79 Å². The van der Waals surface area contributed by atoms with Crippen LogP contribution in [0.5, 0.6) is 5.75 Å². The van der Waals surface area contributed by atoms with Gasteiger partial charge in [-0.2, -0.15) is 5.26 Å². The van der Waals surface area contributed by atoms with Gasteiger partial charge in [-0.05, 0) is 44.5 Å². The van der Waals surface area contributed by atoms with Crippen molar-refractivity contribution in [2.24, 2.45) is 0 Å². The molecule has 9 heteroatoms. The average molecular weight is 439 g/mol. The van der Waals surface area contributed by atoms with Gasteiger partial charge >= 0.3 is 5.97 Å². The topological polar surface area (TPSA) is 99.4 Å². The average Bonchev–Trinajstić information content (AvgIpc) is 2.90. The Labute approximate surface area is 176 Å². The van der Waals surface area contributed by atoms with E-state index in [0.717, 1.165) is 4.88 Å². The minimum atomic E-state index is -0.746. The molecule has 0 saturated heterocycles. The lowest BCUT2D eigenvalue weighted by Crippen LogP contribution is -2.16. The van der Waals surface area contributed by atoms with Crippen molar-refractivity contribution in [2.45, 2.75) is 20.8 Å². The molecule has 0 unspecified atom stereocenters. The van der Waals surface area contributed by atoms with E-state index in [4.69, 9.17) is 27.9 Å². The van der Waals surface area contributed by atoms with Crippen LogP contribution in [0.3, 0.4) is 0 Å². The summed E-state index contributed by atoms with van der Waals surface area (Å²) in [6.07, 6.45) is 1.17. The second kappa shape index (κ2) is 9.11. The highest BCUT2D eigenvalue weighted by molar-refractivity contribution is 7.16. The number of thiophene rings is 1. The quantitative estimate of drug-likeness (QED) is 0.384. The number of nitrogens with zero attached hydrogens (tertiary/aromatic N) is 1. The summed E-state index contributed by atoms with van der Waals surface area (Å²) in [7, 11) is 0. The molecule has 0 aliphatic carbocycles. The molecule has 0 radical (unpaired) electrons. The van der Waals surface area contributed by atoms with E-state index in [1.807, 2.05) is 6.92 Å². The minimum Gasteiger partial charge on any atom is -0.506 e. The number of hydrogen-bond donors (Lipinski definition) is 2. The lowest BCUT2D eigenvalue weighted by Gasteiger charge is -2.07. The number of aromatic hydroxyl groups is 1. The zero-order valence-electron chi connectivity index (χ0n) is 15.2. The fourth-order valence-corrected chi connectivity index (χ4v) is 3.89. The van der Waals surface area contributed by atoms with E-state index in [1.54, 1.807) is 19.9 Å². The van der Waals surface area contributed by atoms with Crippen LogP contribution in [0.2, 0.25) is 10.0 Å². The molecular weight excluding hydrogens is 423 g/mol. The van der Waals surface area contributed by atoms with E-state index in [0.29, 0.717) is 5.56 Å². The number of benzene rings is 1. The molecule has 2 N–H and O–H groups in total. The van der Waals surface area contributed by atoms with E-state index in [2.05, 4.69) is 5.32 Å². The molecule has 28 heavy (non-hydrogen) atoms. The van der Waals surface area contributed by atoms with Crippen molar-refractivity contribution < 1.29 is 19.4 Å². The van der Waals surface area contributed by atoms with E-state index in [1.165, 1.54) is 29.5 Å². The first-order valence-corrected chi connectivity index (χ1v) is 9.65. The lowest BCUT2D eigenvalue weighted by atomic mass is 10.1. The van der Waals surface area contributed by atoms with Crippen LogP contribution in [0.4, 0.5) is 5.00 Å². The first-order valence-electron chi connectivity index (χ1n) is 8.07. The number of nitriles is 1. The van der Waals surface area contributed by atoms with Gasteiger partial charge < -0.3 is 15.2 Å². The highest BCUT2D eigenvalue weighted by Crippen LogP contribution is 2.34. The summed E-state index contributed by atoms with van der Waals surface area (Å²) in [5.41, 5.74) is 0.768. The summed E-state index contributed by atoms with van der Waals surface area (Å²) >= 11 is 13.0.